The van der Waals surface area contributed by atoms with Crippen molar-refractivity contribution in [2.75, 3.05) is 6.61 Å². The molecular weight excluding hydrogens is 334 g/mol. The van der Waals surface area contributed by atoms with E-state index in [0.717, 1.165) is 23.1 Å². The number of carbonyl (C=O) groups excluding carboxylic acids is 1. The predicted octanol–water partition coefficient (Wildman–Crippen LogP) is 4.24. The van der Waals surface area contributed by atoms with Crippen LogP contribution in [0.5, 0.6) is 11.5 Å². The molecule has 2 aromatic rings. The molecule has 0 N–H and O–H groups in total. The Labute approximate surface area is 132 Å². The monoisotopic (exact) mass is 349 g/mol. The van der Waals surface area contributed by atoms with Crippen molar-refractivity contribution >= 4 is 21.9 Å². The standard InChI is InChI=1S/C16H16BrNO3/c1-2-3-8-20-14-4-6-15(7-5-14)21-16(19)12-9-13(17)11-18-10-12/h4-7,9-11H,2-3,8H2,1H3. The molecule has 21 heavy (non-hydrogen) atoms. The van der Waals surface area contributed by atoms with E-state index in [1.54, 1.807) is 36.5 Å². The van der Waals surface area contributed by atoms with Crippen molar-refractivity contribution in [3.8, 4) is 11.5 Å². The van der Waals surface area contributed by atoms with E-state index < -0.39 is 5.97 Å². The summed E-state index contributed by atoms with van der Waals surface area (Å²) in [5.74, 6) is 0.804. The number of pyridine rings is 1. The van der Waals surface area contributed by atoms with Gasteiger partial charge in [0.2, 0.25) is 0 Å². The summed E-state index contributed by atoms with van der Waals surface area (Å²) < 4.78 is 11.6. The van der Waals surface area contributed by atoms with Crippen molar-refractivity contribution in [3.63, 3.8) is 0 Å². The first-order valence-electron chi connectivity index (χ1n) is 6.74. The summed E-state index contributed by atoms with van der Waals surface area (Å²) in [5, 5.41) is 0. The highest BCUT2D eigenvalue weighted by Crippen LogP contribution is 2.19. The highest BCUT2D eigenvalue weighted by atomic mass is 79.9. The van der Waals surface area contributed by atoms with Crippen LogP contribution in [-0.2, 0) is 0 Å². The molecular formula is C16H16BrNO3. The van der Waals surface area contributed by atoms with Crippen LogP contribution in [0.3, 0.4) is 0 Å². The summed E-state index contributed by atoms with van der Waals surface area (Å²) >= 11 is 3.27. The molecule has 0 fully saturated rings. The maximum Gasteiger partial charge on any atom is 0.345 e. The average Bonchev–Trinajstić information content (AvgIpc) is 2.49. The van der Waals surface area contributed by atoms with Gasteiger partial charge < -0.3 is 9.47 Å². The van der Waals surface area contributed by atoms with Crippen LogP contribution in [0.25, 0.3) is 0 Å². The number of rotatable bonds is 6. The molecule has 0 bridgehead atoms. The molecule has 1 aromatic carbocycles. The first-order valence-corrected chi connectivity index (χ1v) is 7.54. The third-order valence-corrected chi connectivity index (χ3v) is 3.18. The van der Waals surface area contributed by atoms with Crippen LogP contribution in [0.4, 0.5) is 0 Å². The summed E-state index contributed by atoms with van der Waals surface area (Å²) in [4.78, 5) is 15.9. The lowest BCUT2D eigenvalue weighted by atomic mass is 10.3. The van der Waals surface area contributed by atoms with Gasteiger partial charge in [-0.1, -0.05) is 13.3 Å². The van der Waals surface area contributed by atoms with Crippen LogP contribution >= 0.6 is 15.9 Å². The lowest BCUT2D eigenvalue weighted by Gasteiger charge is -2.07. The molecule has 0 spiro atoms. The van der Waals surface area contributed by atoms with Gasteiger partial charge in [0, 0.05) is 16.9 Å². The van der Waals surface area contributed by atoms with Gasteiger partial charge in [-0.15, -0.1) is 0 Å². The van der Waals surface area contributed by atoms with Crippen molar-refractivity contribution in [2.45, 2.75) is 19.8 Å². The minimum Gasteiger partial charge on any atom is -0.494 e. The Hall–Kier alpha value is -1.88. The van der Waals surface area contributed by atoms with Gasteiger partial charge >= 0.3 is 5.97 Å². The van der Waals surface area contributed by atoms with Crippen LogP contribution in [0, 0.1) is 0 Å². The van der Waals surface area contributed by atoms with Crippen LogP contribution in [0.15, 0.2) is 47.2 Å². The van der Waals surface area contributed by atoms with Gasteiger partial charge in [0.15, 0.2) is 0 Å². The number of nitrogens with zero attached hydrogens (tertiary/aromatic N) is 1. The van der Waals surface area contributed by atoms with E-state index in [2.05, 4.69) is 27.8 Å². The second-order valence-electron chi connectivity index (χ2n) is 4.45. The maximum absolute atomic E-state index is 11.9. The number of hydrogen-bond donors (Lipinski definition) is 0. The minimum absolute atomic E-state index is 0.396. The zero-order chi connectivity index (χ0) is 15.1. The molecule has 0 aliphatic carbocycles. The number of aromatic nitrogens is 1. The smallest absolute Gasteiger partial charge is 0.345 e. The Bertz CT molecular complexity index is 599. The SMILES string of the molecule is CCCCOc1ccc(OC(=O)c2cncc(Br)c2)cc1. The first kappa shape index (κ1) is 15.5. The van der Waals surface area contributed by atoms with Gasteiger partial charge in [0.25, 0.3) is 0 Å². The van der Waals surface area contributed by atoms with E-state index in [4.69, 9.17) is 9.47 Å². The maximum atomic E-state index is 11.9. The molecule has 1 aromatic heterocycles. The second kappa shape index (κ2) is 7.78. The van der Waals surface area contributed by atoms with Crippen LogP contribution in [0.1, 0.15) is 30.1 Å². The first-order chi connectivity index (χ1) is 10.2. The number of benzene rings is 1. The topological polar surface area (TPSA) is 48.4 Å². The lowest BCUT2D eigenvalue weighted by molar-refractivity contribution is 0.0734. The van der Waals surface area contributed by atoms with E-state index in [-0.39, 0.29) is 0 Å². The van der Waals surface area contributed by atoms with Crippen LogP contribution in [0.2, 0.25) is 0 Å². The number of ether oxygens (including phenoxy) is 2. The predicted molar refractivity (Wildman–Crippen MR) is 83.7 cm³/mol. The van der Waals surface area contributed by atoms with Gasteiger partial charge in [-0.3, -0.25) is 4.98 Å². The summed E-state index contributed by atoms with van der Waals surface area (Å²) in [6, 6.07) is 8.67. The summed E-state index contributed by atoms with van der Waals surface area (Å²) in [7, 11) is 0. The van der Waals surface area contributed by atoms with E-state index in [1.807, 2.05) is 0 Å². The molecule has 110 valence electrons. The van der Waals surface area contributed by atoms with Gasteiger partial charge in [-0.25, -0.2) is 4.79 Å². The molecule has 0 atom stereocenters. The van der Waals surface area contributed by atoms with Gasteiger partial charge in [0.1, 0.15) is 11.5 Å². The number of esters is 1. The Morgan fingerprint density at radius 2 is 1.90 bits per heavy atom. The van der Waals surface area contributed by atoms with E-state index in [9.17, 15) is 4.79 Å². The average molecular weight is 350 g/mol. The van der Waals surface area contributed by atoms with Crippen molar-refractivity contribution in [1.82, 2.24) is 4.98 Å². The van der Waals surface area contributed by atoms with E-state index >= 15 is 0 Å². The molecule has 0 saturated heterocycles. The molecule has 1 heterocycles. The van der Waals surface area contributed by atoms with E-state index in [1.165, 1.54) is 6.20 Å². The summed E-state index contributed by atoms with van der Waals surface area (Å²) in [6.45, 7) is 2.81. The second-order valence-corrected chi connectivity index (χ2v) is 5.37. The molecule has 0 aliphatic rings. The zero-order valence-corrected chi connectivity index (χ0v) is 13.3. The highest BCUT2D eigenvalue weighted by Gasteiger charge is 2.09. The van der Waals surface area contributed by atoms with Crippen molar-refractivity contribution in [2.24, 2.45) is 0 Å². The largest absolute Gasteiger partial charge is 0.494 e. The molecule has 5 heteroatoms. The van der Waals surface area contributed by atoms with E-state index in [0.29, 0.717) is 17.9 Å². The van der Waals surface area contributed by atoms with Crippen molar-refractivity contribution in [3.05, 3.63) is 52.8 Å². The Kier molecular flexibility index (Phi) is 5.75. The highest BCUT2D eigenvalue weighted by molar-refractivity contribution is 9.10. The van der Waals surface area contributed by atoms with Crippen molar-refractivity contribution < 1.29 is 14.3 Å². The normalized spacial score (nSPS) is 10.2. The molecule has 0 aliphatic heterocycles. The van der Waals surface area contributed by atoms with Crippen molar-refractivity contribution in [1.29, 1.82) is 0 Å². The Morgan fingerprint density at radius 1 is 1.19 bits per heavy atom. The van der Waals surface area contributed by atoms with Gasteiger partial charge in [-0.05, 0) is 52.7 Å². The van der Waals surface area contributed by atoms with Gasteiger partial charge in [-0.2, -0.15) is 0 Å². The fourth-order valence-corrected chi connectivity index (χ4v) is 1.99. The third-order valence-electron chi connectivity index (χ3n) is 2.74. The number of halogens is 1. The summed E-state index contributed by atoms with van der Waals surface area (Å²) in [6.07, 6.45) is 5.19. The fraction of sp³-hybridized carbons (Fsp3) is 0.250. The zero-order valence-electron chi connectivity index (χ0n) is 11.7. The summed E-state index contributed by atoms with van der Waals surface area (Å²) in [5.41, 5.74) is 0.396. The number of unbranched alkanes of at least 4 members (excludes halogenated alkanes) is 1. The molecule has 0 amide bonds. The quantitative estimate of drug-likeness (QED) is 0.444. The molecule has 0 saturated carbocycles. The lowest BCUT2D eigenvalue weighted by Crippen LogP contribution is -2.08. The minimum atomic E-state index is -0.441. The number of hydrogen-bond acceptors (Lipinski definition) is 4. The fourth-order valence-electron chi connectivity index (χ4n) is 1.63. The molecule has 2 rings (SSSR count). The van der Waals surface area contributed by atoms with Crippen LogP contribution in [-0.4, -0.2) is 17.6 Å². The molecule has 0 radical (unpaired) electrons. The Balaban J connectivity index is 1.95. The third kappa shape index (κ3) is 4.86. The van der Waals surface area contributed by atoms with Gasteiger partial charge in [0.05, 0.1) is 12.2 Å². The van der Waals surface area contributed by atoms with Crippen LogP contribution < -0.4 is 9.47 Å². The Morgan fingerprint density at radius 3 is 2.57 bits per heavy atom. The molecule has 0 unspecified atom stereocenters. The number of carbonyl (C=O) groups is 1. The molecule has 4 nitrogen and oxygen atoms in total.